The van der Waals surface area contributed by atoms with Crippen molar-refractivity contribution in [3.63, 3.8) is 0 Å². The fourth-order valence-corrected chi connectivity index (χ4v) is 3.72. The third-order valence-electron chi connectivity index (χ3n) is 4.36. The van der Waals surface area contributed by atoms with Gasteiger partial charge in [-0.3, -0.25) is 0 Å². The van der Waals surface area contributed by atoms with Crippen molar-refractivity contribution in [2.24, 2.45) is 0 Å². The molecule has 0 saturated heterocycles. The summed E-state index contributed by atoms with van der Waals surface area (Å²) in [5.41, 5.74) is 12.9. The lowest BCUT2D eigenvalue weighted by Crippen LogP contribution is -1.87. The van der Waals surface area contributed by atoms with Crippen LogP contribution in [0.2, 0.25) is 0 Å². The Morgan fingerprint density at radius 3 is 1.53 bits per heavy atom. The van der Waals surface area contributed by atoms with Crippen LogP contribution in [-0.2, 0) is 0 Å². The van der Waals surface area contributed by atoms with Crippen LogP contribution >= 0.6 is 0 Å². The largest absolute Gasteiger partial charge is 0.0581 e. The summed E-state index contributed by atoms with van der Waals surface area (Å²) in [6.45, 7) is 0. The van der Waals surface area contributed by atoms with Crippen molar-refractivity contribution in [1.29, 1.82) is 0 Å². The van der Waals surface area contributed by atoms with Gasteiger partial charge in [0.05, 0.1) is 0 Å². The van der Waals surface area contributed by atoms with Crippen LogP contribution in [0.5, 0.6) is 0 Å². The third-order valence-corrected chi connectivity index (χ3v) is 4.36. The molecular weight excluding hydrogens is 180 g/mol. The van der Waals surface area contributed by atoms with Gasteiger partial charge >= 0.3 is 0 Å². The molecule has 5 rings (SSSR count). The topological polar surface area (TPSA) is 0 Å². The minimum absolute atomic E-state index is 1.22. The second-order valence-electron chi connectivity index (χ2n) is 5.01. The lowest BCUT2D eigenvalue weighted by molar-refractivity contribution is 1.19. The average molecular weight is 190 g/mol. The zero-order valence-electron chi connectivity index (χ0n) is 8.43. The van der Waals surface area contributed by atoms with Crippen LogP contribution < -0.4 is 0 Å². The first kappa shape index (κ1) is 6.84. The fraction of sp³-hybridized carbons (Fsp3) is 0.200. The van der Waals surface area contributed by atoms with Crippen molar-refractivity contribution < 1.29 is 0 Å². The summed E-state index contributed by atoms with van der Waals surface area (Å²) in [7, 11) is 0. The molecule has 0 aromatic heterocycles. The molecule has 1 saturated carbocycles. The number of rotatable bonds is 0. The summed E-state index contributed by atoms with van der Waals surface area (Å²) in [5, 5.41) is 0. The van der Waals surface area contributed by atoms with E-state index < -0.39 is 0 Å². The summed E-state index contributed by atoms with van der Waals surface area (Å²) in [6.07, 6.45) is 12.9. The second kappa shape index (κ2) is 1.88. The Kier molecular flexibility index (Phi) is 0.856. The molecule has 0 aromatic carbocycles. The second-order valence-corrected chi connectivity index (χ2v) is 5.01. The first-order valence-electron chi connectivity index (χ1n) is 5.69. The maximum absolute atomic E-state index is 2.32. The number of hydrogen-bond donors (Lipinski definition) is 0. The maximum atomic E-state index is 2.32. The van der Waals surface area contributed by atoms with Gasteiger partial charge in [0.15, 0.2) is 0 Å². The van der Waals surface area contributed by atoms with E-state index in [1.54, 1.807) is 44.6 Å². The van der Waals surface area contributed by atoms with E-state index >= 15 is 0 Å². The Morgan fingerprint density at radius 2 is 1.00 bits per heavy atom. The summed E-state index contributed by atoms with van der Waals surface area (Å²) in [4.78, 5) is 0. The number of allylic oxidation sites excluding steroid dienone is 12. The minimum atomic E-state index is 1.22. The monoisotopic (exact) mass is 190 g/mol. The lowest BCUT2D eigenvalue weighted by atomic mass is 9.98. The van der Waals surface area contributed by atoms with Crippen LogP contribution in [0.15, 0.2) is 68.9 Å². The molecule has 0 unspecified atom stereocenters. The van der Waals surface area contributed by atoms with Gasteiger partial charge in [-0.2, -0.15) is 0 Å². The zero-order valence-corrected chi connectivity index (χ0v) is 8.43. The van der Waals surface area contributed by atoms with Crippen molar-refractivity contribution in [3.8, 4) is 0 Å². The standard InChI is InChI=1S/C15H10/c1-3-10-5-8(1)12-7-13-9-2-4-11(6-9)15(13)14(10)12/h1-4H,5-7H2. The molecule has 0 aromatic rings. The van der Waals surface area contributed by atoms with E-state index in [9.17, 15) is 0 Å². The van der Waals surface area contributed by atoms with Crippen LogP contribution in [0.4, 0.5) is 0 Å². The Labute approximate surface area is 88.7 Å². The van der Waals surface area contributed by atoms with Crippen LogP contribution in [0.3, 0.4) is 0 Å². The Hall–Kier alpha value is -1.56. The van der Waals surface area contributed by atoms with Crippen LogP contribution in [0.1, 0.15) is 19.3 Å². The number of fused-ring (bicyclic) bond motifs is 7. The van der Waals surface area contributed by atoms with Gasteiger partial charge in [0.25, 0.3) is 0 Å². The molecule has 0 spiro atoms. The highest BCUT2D eigenvalue weighted by molar-refractivity contribution is 5.82. The molecule has 15 heavy (non-hydrogen) atoms. The molecule has 0 radical (unpaired) electrons. The van der Waals surface area contributed by atoms with E-state index in [1.807, 2.05) is 0 Å². The summed E-state index contributed by atoms with van der Waals surface area (Å²) >= 11 is 0. The quantitative estimate of drug-likeness (QED) is 0.548. The van der Waals surface area contributed by atoms with Crippen LogP contribution in [-0.4, -0.2) is 0 Å². The predicted molar refractivity (Wildman–Crippen MR) is 60.2 cm³/mol. The Morgan fingerprint density at radius 1 is 0.533 bits per heavy atom. The molecule has 0 amide bonds. The van der Waals surface area contributed by atoms with Crippen molar-refractivity contribution in [3.05, 3.63) is 68.9 Å². The summed E-state index contributed by atoms with van der Waals surface area (Å²) < 4.78 is 0. The third kappa shape index (κ3) is 0.578. The zero-order chi connectivity index (χ0) is 9.57. The lowest BCUT2D eigenvalue weighted by Gasteiger charge is -2.05. The highest BCUT2D eigenvalue weighted by atomic mass is 14.4. The molecule has 4 bridgehead atoms. The molecule has 5 aliphatic rings. The summed E-state index contributed by atoms with van der Waals surface area (Å²) in [5.74, 6) is 0. The Balaban J connectivity index is 1.95. The summed E-state index contributed by atoms with van der Waals surface area (Å²) in [6, 6.07) is 0. The minimum Gasteiger partial charge on any atom is -0.0581 e. The molecule has 0 nitrogen and oxygen atoms in total. The van der Waals surface area contributed by atoms with Gasteiger partial charge in [-0.25, -0.2) is 0 Å². The smallest absolute Gasteiger partial charge is 0.000753 e. The SMILES string of the molecule is C1=CC2=C3C(=C1C2)CC1=C2C=CC(=C13)C2. The molecule has 70 valence electrons. The molecule has 0 atom stereocenters. The fourth-order valence-electron chi connectivity index (χ4n) is 3.72. The van der Waals surface area contributed by atoms with Gasteiger partial charge in [-0.05, 0) is 63.8 Å². The highest BCUT2D eigenvalue weighted by Crippen LogP contribution is 2.58. The molecular formula is C15H10. The van der Waals surface area contributed by atoms with Crippen molar-refractivity contribution in [1.82, 2.24) is 0 Å². The average Bonchev–Trinajstić information content (AvgIpc) is 3.02. The molecule has 5 aliphatic carbocycles. The molecule has 0 aliphatic heterocycles. The highest BCUT2D eigenvalue weighted by Gasteiger charge is 2.40. The molecule has 0 heterocycles. The van der Waals surface area contributed by atoms with Gasteiger partial charge in [-0.1, -0.05) is 24.3 Å². The first-order chi connectivity index (χ1) is 7.42. The van der Waals surface area contributed by atoms with Gasteiger partial charge < -0.3 is 0 Å². The van der Waals surface area contributed by atoms with Crippen LogP contribution in [0, 0.1) is 0 Å². The normalized spacial score (nSPS) is 28.3. The van der Waals surface area contributed by atoms with Crippen molar-refractivity contribution in [2.75, 3.05) is 0 Å². The first-order valence-corrected chi connectivity index (χ1v) is 5.69. The molecule has 0 N–H and O–H groups in total. The van der Waals surface area contributed by atoms with Crippen LogP contribution in [0.25, 0.3) is 0 Å². The van der Waals surface area contributed by atoms with E-state index in [0.29, 0.717) is 0 Å². The maximum Gasteiger partial charge on any atom is -0.000753 e. The predicted octanol–water partition coefficient (Wildman–Crippen LogP) is 3.52. The Bertz CT molecular complexity index is 569. The van der Waals surface area contributed by atoms with E-state index in [4.69, 9.17) is 0 Å². The van der Waals surface area contributed by atoms with Gasteiger partial charge in [0, 0.05) is 0 Å². The van der Waals surface area contributed by atoms with Gasteiger partial charge in [0.1, 0.15) is 0 Å². The van der Waals surface area contributed by atoms with Crippen molar-refractivity contribution >= 4 is 0 Å². The van der Waals surface area contributed by atoms with Gasteiger partial charge in [0.2, 0.25) is 0 Å². The van der Waals surface area contributed by atoms with Gasteiger partial charge in [-0.15, -0.1) is 0 Å². The van der Waals surface area contributed by atoms with E-state index in [1.165, 1.54) is 19.3 Å². The van der Waals surface area contributed by atoms with E-state index in [0.717, 1.165) is 0 Å². The molecule has 0 heteroatoms. The van der Waals surface area contributed by atoms with E-state index in [-0.39, 0.29) is 0 Å². The molecule has 1 fully saturated rings. The van der Waals surface area contributed by atoms with Crippen molar-refractivity contribution in [2.45, 2.75) is 19.3 Å². The van der Waals surface area contributed by atoms with E-state index in [2.05, 4.69) is 24.3 Å². The number of hydrogen-bond acceptors (Lipinski definition) is 0.